The topological polar surface area (TPSA) is 50.4 Å². The number of nitrogens with one attached hydrogen (secondary N) is 2. The van der Waals surface area contributed by atoms with E-state index in [1.807, 2.05) is 0 Å². The molecular weight excluding hydrogens is 235 g/mol. The van der Waals surface area contributed by atoms with E-state index in [0.717, 1.165) is 13.0 Å². The standard InChI is InChI=1S/C13H17FN2O2/c1-18-9-13(6-7-15-8-13)12(17)16-11-4-2-10(14)3-5-11/h2-5,15H,6-9H2,1H3,(H,16,17). The molecule has 1 saturated heterocycles. The molecule has 1 heterocycles. The van der Waals surface area contributed by atoms with E-state index < -0.39 is 5.41 Å². The minimum absolute atomic E-state index is 0.0824. The molecule has 1 aliphatic rings. The number of methoxy groups -OCH3 is 1. The Bertz CT molecular complexity index is 414. The maximum Gasteiger partial charge on any atom is 0.234 e. The number of hydrogen-bond acceptors (Lipinski definition) is 3. The van der Waals surface area contributed by atoms with Crippen molar-refractivity contribution < 1.29 is 13.9 Å². The van der Waals surface area contributed by atoms with E-state index in [0.29, 0.717) is 18.8 Å². The van der Waals surface area contributed by atoms with Gasteiger partial charge in [-0.2, -0.15) is 0 Å². The maximum atomic E-state index is 12.8. The number of halogens is 1. The van der Waals surface area contributed by atoms with Crippen LogP contribution in [0, 0.1) is 11.2 Å². The van der Waals surface area contributed by atoms with Crippen molar-refractivity contribution >= 4 is 11.6 Å². The smallest absolute Gasteiger partial charge is 0.234 e. The van der Waals surface area contributed by atoms with Crippen molar-refractivity contribution in [3.05, 3.63) is 30.1 Å². The summed E-state index contributed by atoms with van der Waals surface area (Å²) in [6.45, 7) is 1.79. The van der Waals surface area contributed by atoms with Crippen molar-refractivity contribution in [1.82, 2.24) is 5.32 Å². The van der Waals surface area contributed by atoms with Crippen LogP contribution in [0.5, 0.6) is 0 Å². The molecule has 1 atom stereocenters. The highest BCUT2D eigenvalue weighted by molar-refractivity contribution is 5.95. The lowest BCUT2D eigenvalue weighted by Gasteiger charge is -2.25. The van der Waals surface area contributed by atoms with Gasteiger partial charge in [-0.15, -0.1) is 0 Å². The Hall–Kier alpha value is -1.46. The molecule has 1 fully saturated rings. The minimum atomic E-state index is -0.525. The fourth-order valence-corrected chi connectivity index (χ4v) is 2.20. The minimum Gasteiger partial charge on any atom is -0.384 e. The summed E-state index contributed by atoms with van der Waals surface area (Å²) in [4.78, 5) is 12.3. The average molecular weight is 252 g/mol. The Kier molecular flexibility index (Phi) is 3.93. The van der Waals surface area contributed by atoms with Crippen molar-refractivity contribution in [1.29, 1.82) is 0 Å². The maximum absolute atomic E-state index is 12.8. The second-order valence-corrected chi connectivity index (χ2v) is 4.60. The van der Waals surface area contributed by atoms with Gasteiger partial charge in [0.15, 0.2) is 0 Å². The van der Waals surface area contributed by atoms with Crippen LogP contribution in [-0.2, 0) is 9.53 Å². The van der Waals surface area contributed by atoms with Crippen molar-refractivity contribution in [3.63, 3.8) is 0 Å². The molecule has 0 aliphatic carbocycles. The van der Waals surface area contributed by atoms with Crippen molar-refractivity contribution in [2.45, 2.75) is 6.42 Å². The fourth-order valence-electron chi connectivity index (χ4n) is 2.20. The van der Waals surface area contributed by atoms with Crippen LogP contribution in [0.1, 0.15) is 6.42 Å². The van der Waals surface area contributed by atoms with Crippen LogP contribution in [0.4, 0.5) is 10.1 Å². The van der Waals surface area contributed by atoms with Crippen LogP contribution in [-0.4, -0.2) is 32.7 Å². The van der Waals surface area contributed by atoms with Gasteiger partial charge in [-0.05, 0) is 37.2 Å². The first kappa shape index (κ1) is 13.0. The van der Waals surface area contributed by atoms with Gasteiger partial charge in [0.25, 0.3) is 0 Å². The molecule has 0 spiro atoms. The summed E-state index contributed by atoms with van der Waals surface area (Å²) in [5.74, 6) is -0.400. The summed E-state index contributed by atoms with van der Waals surface area (Å²) in [5.41, 5.74) is 0.0761. The van der Waals surface area contributed by atoms with Crippen LogP contribution in [0.2, 0.25) is 0 Å². The quantitative estimate of drug-likeness (QED) is 0.851. The zero-order chi connectivity index (χ0) is 13.0. The van der Waals surface area contributed by atoms with E-state index in [-0.39, 0.29) is 11.7 Å². The normalized spacial score (nSPS) is 23.0. The lowest BCUT2D eigenvalue weighted by molar-refractivity contribution is -0.127. The van der Waals surface area contributed by atoms with Crippen molar-refractivity contribution in [2.24, 2.45) is 5.41 Å². The molecule has 1 aromatic carbocycles. The second kappa shape index (κ2) is 5.46. The zero-order valence-corrected chi connectivity index (χ0v) is 10.3. The lowest BCUT2D eigenvalue weighted by atomic mass is 9.87. The molecule has 1 unspecified atom stereocenters. The van der Waals surface area contributed by atoms with Gasteiger partial charge >= 0.3 is 0 Å². The number of carbonyl (C=O) groups excluding carboxylic acids is 1. The van der Waals surface area contributed by atoms with Gasteiger partial charge in [0.2, 0.25) is 5.91 Å². The highest BCUT2D eigenvalue weighted by atomic mass is 19.1. The lowest BCUT2D eigenvalue weighted by Crippen LogP contribution is -2.41. The van der Waals surface area contributed by atoms with E-state index in [9.17, 15) is 9.18 Å². The van der Waals surface area contributed by atoms with Gasteiger partial charge in [0.1, 0.15) is 5.82 Å². The number of carbonyl (C=O) groups is 1. The predicted octanol–water partition coefficient (Wildman–Crippen LogP) is 1.39. The van der Waals surface area contributed by atoms with E-state index in [1.165, 1.54) is 12.1 Å². The molecular formula is C13H17FN2O2. The molecule has 0 radical (unpaired) electrons. The third-order valence-electron chi connectivity index (χ3n) is 3.25. The number of amides is 1. The Morgan fingerprint density at radius 1 is 1.50 bits per heavy atom. The molecule has 4 nitrogen and oxygen atoms in total. The Morgan fingerprint density at radius 3 is 2.78 bits per heavy atom. The van der Waals surface area contributed by atoms with E-state index in [4.69, 9.17) is 4.74 Å². The highest BCUT2D eigenvalue weighted by Gasteiger charge is 2.41. The zero-order valence-electron chi connectivity index (χ0n) is 10.3. The van der Waals surface area contributed by atoms with Crippen molar-refractivity contribution in [3.8, 4) is 0 Å². The summed E-state index contributed by atoms with van der Waals surface area (Å²) in [7, 11) is 1.59. The third-order valence-corrected chi connectivity index (χ3v) is 3.25. The number of hydrogen-bond donors (Lipinski definition) is 2. The molecule has 1 aliphatic heterocycles. The summed E-state index contributed by atoms with van der Waals surface area (Å²) in [6.07, 6.45) is 0.744. The summed E-state index contributed by atoms with van der Waals surface area (Å²) >= 11 is 0. The van der Waals surface area contributed by atoms with Crippen LogP contribution in [0.15, 0.2) is 24.3 Å². The summed E-state index contributed by atoms with van der Waals surface area (Å²) in [6, 6.07) is 5.75. The molecule has 2 rings (SSSR count). The molecule has 98 valence electrons. The Balaban J connectivity index is 2.07. The van der Waals surface area contributed by atoms with Gasteiger partial charge < -0.3 is 15.4 Å². The number of benzene rings is 1. The fraction of sp³-hybridized carbons (Fsp3) is 0.462. The first-order chi connectivity index (χ1) is 8.66. The van der Waals surface area contributed by atoms with Gasteiger partial charge in [0.05, 0.1) is 12.0 Å². The predicted molar refractivity (Wildman–Crippen MR) is 66.8 cm³/mol. The monoisotopic (exact) mass is 252 g/mol. The first-order valence-electron chi connectivity index (χ1n) is 5.93. The molecule has 2 N–H and O–H groups in total. The number of anilines is 1. The van der Waals surface area contributed by atoms with Gasteiger partial charge in [-0.25, -0.2) is 4.39 Å². The molecule has 1 aromatic rings. The summed E-state index contributed by atoms with van der Waals surface area (Å²) < 4.78 is 17.9. The molecule has 1 amide bonds. The van der Waals surface area contributed by atoms with Crippen LogP contribution in [0.3, 0.4) is 0 Å². The Morgan fingerprint density at radius 2 is 2.22 bits per heavy atom. The largest absolute Gasteiger partial charge is 0.384 e. The summed E-state index contributed by atoms with van der Waals surface area (Å²) in [5, 5.41) is 5.98. The third kappa shape index (κ3) is 2.68. The SMILES string of the molecule is COCC1(C(=O)Nc2ccc(F)cc2)CCNC1. The van der Waals surface area contributed by atoms with Gasteiger partial charge in [-0.3, -0.25) is 4.79 Å². The van der Waals surface area contributed by atoms with Crippen molar-refractivity contribution in [2.75, 3.05) is 32.1 Å². The molecule has 0 bridgehead atoms. The molecule has 0 saturated carbocycles. The van der Waals surface area contributed by atoms with Crippen LogP contribution in [0.25, 0.3) is 0 Å². The van der Waals surface area contributed by atoms with Gasteiger partial charge in [-0.1, -0.05) is 0 Å². The number of rotatable bonds is 4. The Labute approximate surface area is 106 Å². The highest BCUT2D eigenvalue weighted by Crippen LogP contribution is 2.27. The molecule has 0 aromatic heterocycles. The molecule has 5 heteroatoms. The number of ether oxygens (including phenoxy) is 1. The van der Waals surface area contributed by atoms with Crippen LogP contribution < -0.4 is 10.6 Å². The first-order valence-corrected chi connectivity index (χ1v) is 5.93. The van der Waals surface area contributed by atoms with E-state index >= 15 is 0 Å². The van der Waals surface area contributed by atoms with E-state index in [1.54, 1.807) is 19.2 Å². The molecule has 18 heavy (non-hydrogen) atoms. The van der Waals surface area contributed by atoms with E-state index in [2.05, 4.69) is 10.6 Å². The van der Waals surface area contributed by atoms with Crippen LogP contribution >= 0.6 is 0 Å². The second-order valence-electron chi connectivity index (χ2n) is 4.60. The van der Waals surface area contributed by atoms with Gasteiger partial charge in [0, 0.05) is 19.3 Å². The average Bonchev–Trinajstić information content (AvgIpc) is 2.82.